The molecule has 0 radical (unpaired) electrons. The average Bonchev–Trinajstić information content (AvgIpc) is 2.94. The van der Waals surface area contributed by atoms with Gasteiger partial charge in [0.15, 0.2) is 0 Å². The molecule has 1 saturated heterocycles. The molecule has 6 heteroatoms. The summed E-state index contributed by atoms with van der Waals surface area (Å²) in [6, 6.07) is 0. The Morgan fingerprint density at radius 2 is 1.90 bits per heavy atom. The quantitative estimate of drug-likeness (QED) is 0.789. The first-order valence-corrected chi connectivity index (χ1v) is 7.91. The van der Waals surface area contributed by atoms with Gasteiger partial charge in [-0.05, 0) is 31.6 Å². The Balaban J connectivity index is 1.94. The minimum Gasteiger partial charge on any atom is -0.325 e. The fourth-order valence-corrected chi connectivity index (χ4v) is 3.54. The highest BCUT2D eigenvalue weighted by Crippen LogP contribution is 2.38. The van der Waals surface area contributed by atoms with Crippen molar-refractivity contribution in [2.45, 2.75) is 76.7 Å². The third-order valence-electron chi connectivity index (χ3n) is 4.63. The van der Waals surface area contributed by atoms with E-state index >= 15 is 0 Å². The number of nitrogens with zero attached hydrogens (tertiary/aromatic N) is 1. The van der Waals surface area contributed by atoms with Crippen molar-refractivity contribution in [3.63, 3.8) is 0 Å². The Morgan fingerprint density at radius 3 is 2.43 bits per heavy atom. The lowest BCUT2D eigenvalue weighted by Crippen LogP contribution is -2.45. The molecular formula is C15H25F3N2O. The van der Waals surface area contributed by atoms with Crippen LogP contribution in [0.15, 0.2) is 0 Å². The highest BCUT2D eigenvalue weighted by molar-refractivity contribution is 5.89. The lowest BCUT2D eigenvalue weighted by molar-refractivity contribution is -0.136. The molecule has 1 aliphatic carbocycles. The molecule has 1 saturated carbocycles. The number of halogens is 3. The molecule has 0 aromatic carbocycles. The van der Waals surface area contributed by atoms with Gasteiger partial charge in [0.25, 0.3) is 0 Å². The Morgan fingerprint density at radius 1 is 1.29 bits per heavy atom. The molecule has 0 bridgehead atoms. The fourth-order valence-electron chi connectivity index (χ4n) is 3.54. The van der Waals surface area contributed by atoms with E-state index in [1.165, 1.54) is 0 Å². The molecule has 1 aliphatic heterocycles. The molecule has 1 heterocycles. The molecule has 0 aromatic rings. The van der Waals surface area contributed by atoms with Crippen molar-refractivity contribution < 1.29 is 18.0 Å². The van der Waals surface area contributed by atoms with Gasteiger partial charge in [-0.15, -0.1) is 0 Å². The van der Waals surface area contributed by atoms with Crippen LogP contribution in [0.25, 0.3) is 0 Å². The zero-order valence-corrected chi connectivity index (χ0v) is 12.8. The molecule has 21 heavy (non-hydrogen) atoms. The van der Waals surface area contributed by atoms with Gasteiger partial charge < -0.3 is 4.90 Å². The molecular weight excluding hydrogens is 281 g/mol. The minimum atomic E-state index is -4.10. The van der Waals surface area contributed by atoms with Crippen LogP contribution in [-0.4, -0.2) is 35.2 Å². The zero-order valence-electron chi connectivity index (χ0n) is 12.8. The van der Waals surface area contributed by atoms with Gasteiger partial charge in [-0.3, -0.25) is 10.1 Å². The standard InChI is InChI=1S/C15H25F3N2O/c1-11(2)12-19-14(7-3-4-8-14)13(21)20(12)10-6-5-9-15(16,17)18/h11-12,19H,3-10H2,1-2H3. The van der Waals surface area contributed by atoms with E-state index in [2.05, 4.69) is 5.32 Å². The number of rotatable bonds is 5. The SMILES string of the molecule is CC(C)C1NC2(CCCC2)C(=O)N1CCCCC(F)(F)F. The Labute approximate surface area is 124 Å². The lowest BCUT2D eigenvalue weighted by Gasteiger charge is -2.27. The van der Waals surface area contributed by atoms with Gasteiger partial charge in [-0.2, -0.15) is 13.2 Å². The molecule has 2 aliphatic rings. The van der Waals surface area contributed by atoms with Gasteiger partial charge >= 0.3 is 6.18 Å². The predicted molar refractivity (Wildman–Crippen MR) is 74.6 cm³/mol. The number of carbonyl (C=O) groups is 1. The second-order valence-corrected chi connectivity index (χ2v) is 6.69. The third kappa shape index (κ3) is 3.71. The summed E-state index contributed by atoms with van der Waals surface area (Å²) in [7, 11) is 0. The molecule has 122 valence electrons. The Kier molecular flexibility index (Phi) is 4.85. The maximum Gasteiger partial charge on any atom is 0.389 e. The van der Waals surface area contributed by atoms with E-state index in [0.29, 0.717) is 13.0 Å². The van der Waals surface area contributed by atoms with Crippen LogP contribution in [0.1, 0.15) is 58.8 Å². The number of unbranched alkanes of at least 4 members (excludes halogenated alkanes) is 1. The summed E-state index contributed by atoms with van der Waals surface area (Å²) in [6.45, 7) is 4.51. The number of amides is 1. The molecule has 2 fully saturated rings. The van der Waals surface area contributed by atoms with Crippen LogP contribution in [0, 0.1) is 5.92 Å². The predicted octanol–water partition coefficient (Wildman–Crippen LogP) is 3.45. The van der Waals surface area contributed by atoms with Crippen LogP contribution < -0.4 is 5.32 Å². The summed E-state index contributed by atoms with van der Waals surface area (Å²) in [4.78, 5) is 14.5. The maximum absolute atomic E-state index is 12.7. The molecule has 1 spiro atoms. The molecule has 3 nitrogen and oxygen atoms in total. The van der Waals surface area contributed by atoms with Crippen molar-refractivity contribution in [2.75, 3.05) is 6.54 Å². The van der Waals surface area contributed by atoms with E-state index in [-0.39, 0.29) is 24.4 Å². The average molecular weight is 306 g/mol. The summed E-state index contributed by atoms with van der Waals surface area (Å²) in [6.07, 6.45) is -0.602. The largest absolute Gasteiger partial charge is 0.389 e. The zero-order chi connectivity index (χ0) is 15.7. The summed E-state index contributed by atoms with van der Waals surface area (Å²) in [5.41, 5.74) is -0.432. The van der Waals surface area contributed by atoms with Crippen LogP contribution >= 0.6 is 0 Å². The first-order valence-electron chi connectivity index (χ1n) is 7.91. The van der Waals surface area contributed by atoms with Crippen molar-refractivity contribution in [3.05, 3.63) is 0 Å². The number of hydrogen-bond donors (Lipinski definition) is 1. The maximum atomic E-state index is 12.7. The molecule has 2 rings (SSSR count). The van der Waals surface area contributed by atoms with Crippen molar-refractivity contribution in [3.8, 4) is 0 Å². The van der Waals surface area contributed by atoms with E-state index in [0.717, 1.165) is 25.7 Å². The summed E-state index contributed by atoms with van der Waals surface area (Å²) < 4.78 is 36.6. The van der Waals surface area contributed by atoms with E-state index in [9.17, 15) is 18.0 Å². The summed E-state index contributed by atoms with van der Waals surface area (Å²) in [5.74, 6) is 0.363. The van der Waals surface area contributed by atoms with Crippen molar-refractivity contribution >= 4 is 5.91 Å². The second kappa shape index (κ2) is 6.15. The summed E-state index contributed by atoms with van der Waals surface area (Å²) in [5, 5.41) is 3.48. The van der Waals surface area contributed by atoms with E-state index in [1.807, 2.05) is 13.8 Å². The smallest absolute Gasteiger partial charge is 0.325 e. The van der Waals surface area contributed by atoms with Crippen LogP contribution in [-0.2, 0) is 4.79 Å². The van der Waals surface area contributed by atoms with E-state index in [4.69, 9.17) is 0 Å². The number of carbonyl (C=O) groups excluding carboxylic acids is 1. The molecule has 1 N–H and O–H groups in total. The van der Waals surface area contributed by atoms with Crippen LogP contribution in [0.4, 0.5) is 13.2 Å². The monoisotopic (exact) mass is 306 g/mol. The molecule has 1 atom stereocenters. The van der Waals surface area contributed by atoms with Crippen molar-refractivity contribution in [1.29, 1.82) is 0 Å². The van der Waals surface area contributed by atoms with Crippen molar-refractivity contribution in [2.24, 2.45) is 5.92 Å². The van der Waals surface area contributed by atoms with Crippen LogP contribution in [0.3, 0.4) is 0 Å². The van der Waals surface area contributed by atoms with Gasteiger partial charge in [0, 0.05) is 13.0 Å². The number of alkyl halides is 3. The highest BCUT2D eigenvalue weighted by atomic mass is 19.4. The molecule has 1 amide bonds. The van der Waals surface area contributed by atoms with Crippen LogP contribution in [0.2, 0.25) is 0 Å². The van der Waals surface area contributed by atoms with Gasteiger partial charge in [0.2, 0.25) is 5.91 Å². The number of nitrogens with one attached hydrogen (secondary N) is 1. The number of hydrogen-bond acceptors (Lipinski definition) is 2. The topological polar surface area (TPSA) is 32.3 Å². The first kappa shape index (κ1) is 16.6. The van der Waals surface area contributed by atoms with Gasteiger partial charge in [0.05, 0.1) is 11.7 Å². The fraction of sp³-hybridized carbons (Fsp3) is 0.933. The summed E-state index contributed by atoms with van der Waals surface area (Å²) >= 11 is 0. The Bertz CT molecular complexity index is 376. The van der Waals surface area contributed by atoms with Gasteiger partial charge in [0.1, 0.15) is 0 Å². The first-order chi connectivity index (χ1) is 9.75. The van der Waals surface area contributed by atoms with Gasteiger partial charge in [-0.25, -0.2) is 0 Å². The lowest BCUT2D eigenvalue weighted by atomic mass is 9.98. The Hall–Kier alpha value is -0.780. The van der Waals surface area contributed by atoms with Gasteiger partial charge in [-0.1, -0.05) is 26.7 Å². The normalized spacial score (nSPS) is 25.5. The van der Waals surface area contributed by atoms with E-state index < -0.39 is 18.1 Å². The van der Waals surface area contributed by atoms with Crippen molar-refractivity contribution in [1.82, 2.24) is 10.2 Å². The second-order valence-electron chi connectivity index (χ2n) is 6.69. The van der Waals surface area contributed by atoms with Crippen LogP contribution in [0.5, 0.6) is 0 Å². The van der Waals surface area contributed by atoms with E-state index in [1.54, 1.807) is 4.90 Å². The minimum absolute atomic E-state index is 0.0403. The molecule has 1 unspecified atom stereocenters. The third-order valence-corrected chi connectivity index (χ3v) is 4.63. The highest BCUT2D eigenvalue weighted by Gasteiger charge is 2.52. The molecule has 0 aromatic heterocycles.